The summed E-state index contributed by atoms with van der Waals surface area (Å²) in [6.07, 6.45) is 0.367. The Hall–Kier alpha value is -2.82. The minimum atomic E-state index is -0.332. The molecular weight excluding hydrogens is 350 g/mol. The highest BCUT2D eigenvalue weighted by atomic mass is 16.2. The van der Waals surface area contributed by atoms with E-state index in [1.54, 1.807) is 0 Å². The molecule has 0 bridgehead atoms. The summed E-state index contributed by atoms with van der Waals surface area (Å²) in [5.41, 5.74) is 2.58. The van der Waals surface area contributed by atoms with Gasteiger partial charge >= 0.3 is 0 Å². The van der Waals surface area contributed by atoms with E-state index in [1.807, 2.05) is 80.3 Å². The highest BCUT2D eigenvalue weighted by Crippen LogP contribution is 2.22. The molecule has 0 aliphatic carbocycles. The van der Waals surface area contributed by atoms with E-state index in [2.05, 4.69) is 10.2 Å². The Labute approximate surface area is 167 Å². The van der Waals surface area contributed by atoms with E-state index >= 15 is 0 Å². The van der Waals surface area contributed by atoms with E-state index in [0.29, 0.717) is 6.42 Å². The lowest BCUT2D eigenvalue weighted by atomic mass is 9.94. The Morgan fingerprint density at radius 2 is 1.50 bits per heavy atom. The van der Waals surface area contributed by atoms with Crippen molar-refractivity contribution in [1.29, 1.82) is 0 Å². The third-order valence-corrected chi connectivity index (χ3v) is 4.93. The highest BCUT2D eigenvalue weighted by molar-refractivity contribution is 5.92. The van der Waals surface area contributed by atoms with Crippen LogP contribution in [-0.4, -0.2) is 42.9 Å². The molecule has 1 fully saturated rings. The first kappa shape index (κ1) is 19.9. The van der Waals surface area contributed by atoms with E-state index in [-0.39, 0.29) is 17.2 Å². The van der Waals surface area contributed by atoms with E-state index in [4.69, 9.17) is 0 Å². The number of carbonyl (C=O) groups is 2. The largest absolute Gasteiger partial charge is 0.368 e. The van der Waals surface area contributed by atoms with Crippen LogP contribution in [0.2, 0.25) is 0 Å². The second kappa shape index (κ2) is 8.46. The standard InChI is InChI=1S/C23H29N3O2/c1-23(2,3)22(28)26-15-13-25(14-16-26)20-11-9-19(10-12-20)24-21(27)17-18-7-5-4-6-8-18/h4-12H,13-17H2,1-3H3,(H,24,27). The fourth-order valence-corrected chi connectivity index (χ4v) is 3.38. The minimum Gasteiger partial charge on any atom is -0.368 e. The molecule has 0 atom stereocenters. The molecule has 148 valence electrons. The van der Waals surface area contributed by atoms with Gasteiger partial charge in [-0.15, -0.1) is 0 Å². The van der Waals surface area contributed by atoms with Gasteiger partial charge in [-0.2, -0.15) is 0 Å². The summed E-state index contributed by atoms with van der Waals surface area (Å²) < 4.78 is 0. The molecule has 1 saturated heterocycles. The summed E-state index contributed by atoms with van der Waals surface area (Å²) in [7, 11) is 0. The first-order valence-electron chi connectivity index (χ1n) is 9.81. The maximum atomic E-state index is 12.4. The zero-order chi connectivity index (χ0) is 20.1. The SMILES string of the molecule is CC(C)(C)C(=O)N1CCN(c2ccc(NC(=O)Cc3ccccc3)cc2)CC1. The zero-order valence-corrected chi connectivity index (χ0v) is 16.9. The van der Waals surface area contributed by atoms with Crippen molar-refractivity contribution >= 4 is 23.2 Å². The van der Waals surface area contributed by atoms with Crippen molar-refractivity contribution in [3.05, 3.63) is 60.2 Å². The molecule has 2 aromatic rings. The van der Waals surface area contributed by atoms with E-state index in [9.17, 15) is 9.59 Å². The fourth-order valence-electron chi connectivity index (χ4n) is 3.38. The predicted octanol–water partition coefficient (Wildman–Crippen LogP) is 3.56. The zero-order valence-electron chi connectivity index (χ0n) is 16.9. The van der Waals surface area contributed by atoms with Gasteiger partial charge in [0, 0.05) is 43.0 Å². The summed E-state index contributed by atoms with van der Waals surface area (Å²) in [6, 6.07) is 17.6. The molecule has 1 N–H and O–H groups in total. The number of amides is 2. The Morgan fingerprint density at radius 3 is 2.07 bits per heavy atom. The number of nitrogens with zero attached hydrogens (tertiary/aromatic N) is 2. The molecule has 3 rings (SSSR count). The number of benzene rings is 2. The van der Waals surface area contributed by atoms with Crippen LogP contribution in [0, 0.1) is 5.41 Å². The number of piperazine rings is 1. The molecular formula is C23H29N3O2. The lowest BCUT2D eigenvalue weighted by Gasteiger charge is -2.38. The van der Waals surface area contributed by atoms with Crippen molar-refractivity contribution in [2.75, 3.05) is 36.4 Å². The lowest BCUT2D eigenvalue weighted by molar-refractivity contribution is -0.139. The topological polar surface area (TPSA) is 52.7 Å². The van der Waals surface area contributed by atoms with Crippen LogP contribution in [0.15, 0.2) is 54.6 Å². The van der Waals surface area contributed by atoms with E-state index in [1.165, 1.54) is 0 Å². The number of carbonyl (C=O) groups excluding carboxylic acids is 2. The second-order valence-electron chi connectivity index (χ2n) is 8.29. The summed E-state index contributed by atoms with van der Waals surface area (Å²) in [5, 5.41) is 2.95. The molecule has 0 spiro atoms. The van der Waals surface area contributed by atoms with Gasteiger partial charge in [-0.05, 0) is 29.8 Å². The first-order valence-corrected chi connectivity index (χ1v) is 9.81. The van der Waals surface area contributed by atoms with Gasteiger partial charge in [0.05, 0.1) is 6.42 Å². The summed E-state index contributed by atoms with van der Waals surface area (Å²) in [4.78, 5) is 28.8. The summed E-state index contributed by atoms with van der Waals surface area (Å²) in [5.74, 6) is 0.192. The Balaban J connectivity index is 1.52. The quantitative estimate of drug-likeness (QED) is 0.884. The highest BCUT2D eigenvalue weighted by Gasteiger charge is 2.29. The number of anilines is 2. The molecule has 0 radical (unpaired) electrons. The van der Waals surface area contributed by atoms with Crippen molar-refractivity contribution < 1.29 is 9.59 Å². The molecule has 1 aliphatic rings. The van der Waals surface area contributed by atoms with Crippen molar-refractivity contribution in [2.45, 2.75) is 27.2 Å². The summed E-state index contributed by atoms with van der Waals surface area (Å²) >= 11 is 0. The van der Waals surface area contributed by atoms with Crippen LogP contribution in [0.25, 0.3) is 0 Å². The maximum Gasteiger partial charge on any atom is 0.228 e. The number of hydrogen-bond acceptors (Lipinski definition) is 3. The molecule has 1 aliphatic heterocycles. The van der Waals surface area contributed by atoms with Gasteiger partial charge in [0.1, 0.15) is 0 Å². The average molecular weight is 380 g/mol. The van der Waals surface area contributed by atoms with Gasteiger partial charge in [0.15, 0.2) is 0 Å². The smallest absolute Gasteiger partial charge is 0.228 e. The van der Waals surface area contributed by atoms with Crippen LogP contribution in [0.4, 0.5) is 11.4 Å². The van der Waals surface area contributed by atoms with Crippen LogP contribution in [-0.2, 0) is 16.0 Å². The lowest BCUT2D eigenvalue weighted by Crippen LogP contribution is -2.51. The van der Waals surface area contributed by atoms with Crippen LogP contribution in [0.3, 0.4) is 0 Å². The van der Waals surface area contributed by atoms with Crippen LogP contribution in [0.5, 0.6) is 0 Å². The Morgan fingerprint density at radius 1 is 0.893 bits per heavy atom. The fraction of sp³-hybridized carbons (Fsp3) is 0.391. The van der Waals surface area contributed by atoms with E-state index < -0.39 is 0 Å². The van der Waals surface area contributed by atoms with Gasteiger partial charge in [-0.1, -0.05) is 51.1 Å². The molecule has 5 nitrogen and oxygen atoms in total. The van der Waals surface area contributed by atoms with Crippen molar-refractivity contribution in [1.82, 2.24) is 4.90 Å². The van der Waals surface area contributed by atoms with Crippen molar-refractivity contribution in [3.63, 3.8) is 0 Å². The van der Waals surface area contributed by atoms with Crippen LogP contribution < -0.4 is 10.2 Å². The third kappa shape index (κ3) is 5.12. The maximum absolute atomic E-state index is 12.4. The van der Waals surface area contributed by atoms with Crippen molar-refractivity contribution in [2.24, 2.45) is 5.41 Å². The molecule has 1 heterocycles. The van der Waals surface area contributed by atoms with Crippen molar-refractivity contribution in [3.8, 4) is 0 Å². The average Bonchev–Trinajstić information content (AvgIpc) is 2.68. The minimum absolute atomic E-state index is 0.0201. The second-order valence-corrected chi connectivity index (χ2v) is 8.29. The van der Waals surface area contributed by atoms with Gasteiger partial charge < -0.3 is 15.1 Å². The Kier molecular flexibility index (Phi) is 6.02. The monoisotopic (exact) mass is 379 g/mol. The van der Waals surface area contributed by atoms with Gasteiger partial charge in [-0.3, -0.25) is 9.59 Å². The molecule has 0 saturated carbocycles. The molecule has 0 aromatic heterocycles. The number of rotatable bonds is 4. The molecule has 2 amide bonds. The molecule has 28 heavy (non-hydrogen) atoms. The molecule has 2 aromatic carbocycles. The van der Waals surface area contributed by atoms with Gasteiger partial charge in [-0.25, -0.2) is 0 Å². The van der Waals surface area contributed by atoms with Gasteiger partial charge in [0.25, 0.3) is 0 Å². The number of nitrogens with one attached hydrogen (secondary N) is 1. The molecule has 0 unspecified atom stereocenters. The van der Waals surface area contributed by atoms with Crippen LogP contribution >= 0.6 is 0 Å². The normalized spacial score (nSPS) is 14.7. The Bertz CT molecular complexity index is 802. The van der Waals surface area contributed by atoms with E-state index in [0.717, 1.165) is 43.1 Å². The molecule has 5 heteroatoms. The third-order valence-electron chi connectivity index (χ3n) is 4.93. The van der Waals surface area contributed by atoms with Gasteiger partial charge in [0.2, 0.25) is 11.8 Å². The summed E-state index contributed by atoms with van der Waals surface area (Å²) in [6.45, 7) is 9.02. The predicted molar refractivity (Wildman–Crippen MR) is 113 cm³/mol. The first-order chi connectivity index (χ1) is 13.3. The number of hydrogen-bond donors (Lipinski definition) is 1. The van der Waals surface area contributed by atoms with Crippen LogP contribution in [0.1, 0.15) is 26.3 Å².